The van der Waals surface area contributed by atoms with Crippen LogP contribution in [-0.4, -0.2) is 55.1 Å². The Balaban J connectivity index is 2.18. The number of rotatable bonds is 6. The molecule has 3 heteroatoms. The van der Waals surface area contributed by atoms with Crippen molar-refractivity contribution in [3.8, 4) is 0 Å². The Hall–Kier alpha value is -0.120. The van der Waals surface area contributed by atoms with Gasteiger partial charge in [0.1, 0.15) is 0 Å². The molecule has 0 radical (unpaired) electrons. The van der Waals surface area contributed by atoms with Crippen molar-refractivity contribution in [2.24, 2.45) is 17.6 Å². The van der Waals surface area contributed by atoms with Gasteiger partial charge in [-0.25, -0.2) is 0 Å². The second-order valence-electron chi connectivity index (χ2n) is 8.23. The highest BCUT2D eigenvalue weighted by molar-refractivity contribution is 5.05. The zero-order valence-corrected chi connectivity index (χ0v) is 15.0. The second-order valence-corrected chi connectivity index (χ2v) is 8.23. The third-order valence-electron chi connectivity index (χ3n) is 6.75. The minimum absolute atomic E-state index is 0.227. The lowest BCUT2D eigenvalue weighted by atomic mass is 9.66. The summed E-state index contributed by atoms with van der Waals surface area (Å²) >= 11 is 0. The Labute approximate surface area is 132 Å². The van der Waals surface area contributed by atoms with Crippen LogP contribution < -0.4 is 5.73 Å². The summed E-state index contributed by atoms with van der Waals surface area (Å²) < 4.78 is 0. The van der Waals surface area contributed by atoms with Crippen LogP contribution in [0.25, 0.3) is 0 Å². The highest BCUT2D eigenvalue weighted by atomic mass is 15.3. The van der Waals surface area contributed by atoms with Crippen LogP contribution in [0.1, 0.15) is 58.8 Å². The van der Waals surface area contributed by atoms with E-state index in [0.29, 0.717) is 5.54 Å². The molecule has 0 amide bonds. The van der Waals surface area contributed by atoms with Gasteiger partial charge in [0.2, 0.25) is 0 Å². The normalized spacial score (nSPS) is 32.7. The lowest BCUT2D eigenvalue weighted by Gasteiger charge is -2.57. The SMILES string of the molecule is CC(C)C1CCCCC1(CN)N(C)CC1(N(C)C)CCC1. The average molecular weight is 296 g/mol. The lowest BCUT2D eigenvalue weighted by molar-refractivity contribution is -0.0510. The number of likely N-dealkylation sites (N-methyl/N-ethyl adjacent to an activating group) is 2. The van der Waals surface area contributed by atoms with Gasteiger partial charge in [-0.15, -0.1) is 0 Å². The van der Waals surface area contributed by atoms with Crippen LogP contribution in [0.2, 0.25) is 0 Å². The largest absolute Gasteiger partial charge is 0.329 e. The van der Waals surface area contributed by atoms with Gasteiger partial charge in [-0.2, -0.15) is 0 Å². The number of nitrogens with zero attached hydrogens (tertiary/aromatic N) is 2. The van der Waals surface area contributed by atoms with Crippen molar-refractivity contribution < 1.29 is 0 Å². The minimum atomic E-state index is 0.227. The first-order valence-corrected chi connectivity index (χ1v) is 8.97. The van der Waals surface area contributed by atoms with Crippen molar-refractivity contribution >= 4 is 0 Å². The van der Waals surface area contributed by atoms with Gasteiger partial charge in [0.15, 0.2) is 0 Å². The summed E-state index contributed by atoms with van der Waals surface area (Å²) in [4.78, 5) is 5.13. The Morgan fingerprint density at radius 3 is 2.14 bits per heavy atom. The molecule has 2 fully saturated rings. The van der Waals surface area contributed by atoms with Crippen molar-refractivity contribution in [3.05, 3.63) is 0 Å². The maximum atomic E-state index is 6.37. The van der Waals surface area contributed by atoms with E-state index in [1.165, 1.54) is 51.5 Å². The summed E-state index contributed by atoms with van der Waals surface area (Å²) in [6.07, 6.45) is 9.45. The fourth-order valence-corrected chi connectivity index (χ4v) is 5.02. The van der Waals surface area contributed by atoms with Crippen LogP contribution in [0, 0.1) is 11.8 Å². The molecule has 2 N–H and O–H groups in total. The molecule has 2 aliphatic rings. The Kier molecular flexibility index (Phi) is 5.38. The summed E-state index contributed by atoms with van der Waals surface area (Å²) in [6, 6.07) is 0. The molecule has 2 unspecified atom stereocenters. The molecular formula is C18H37N3. The Morgan fingerprint density at radius 1 is 1.05 bits per heavy atom. The van der Waals surface area contributed by atoms with Crippen molar-refractivity contribution in [2.75, 3.05) is 34.2 Å². The monoisotopic (exact) mass is 295 g/mol. The lowest BCUT2D eigenvalue weighted by Crippen LogP contribution is -2.66. The van der Waals surface area contributed by atoms with Crippen molar-refractivity contribution in [1.29, 1.82) is 0 Å². The van der Waals surface area contributed by atoms with E-state index in [2.05, 4.69) is 44.8 Å². The maximum Gasteiger partial charge on any atom is 0.0360 e. The molecule has 0 saturated heterocycles. The zero-order valence-electron chi connectivity index (χ0n) is 15.0. The summed E-state index contributed by atoms with van der Waals surface area (Å²) in [5.74, 6) is 1.48. The zero-order chi connectivity index (χ0) is 15.7. The number of nitrogens with two attached hydrogens (primary N) is 1. The molecular weight excluding hydrogens is 258 g/mol. The number of hydrogen-bond donors (Lipinski definition) is 1. The molecule has 0 aromatic rings. The molecule has 124 valence electrons. The van der Waals surface area contributed by atoms with E-state index < -0.39 is 0 Å². The molecule has 0 aromatic carbocycles. The van der Waals surface area contributed by atoms with Crippen LogP contribution in [0.15, 0.2) is 0 Å². The van der Waals surface area contributed by atoms with Gasteiger partial charge in [-0.1, -0.05) is 26.7 Å². The highest BCUT2D eigenvalue weighted by Crippen LogP contribution is 2.44. The van der Waals surface area contributed by atoms with Gasteiger partial charge in [0, 0.05) is 24.2 Å². The fraction of sp³-hybridized carbons (Fsp3) is 1.00. The first-order valence-electron chi connectivity index (χ1n) is 8.97. The first kappa shape index (κ1) is 17.2. The average Bonchev–Trinajstić information content (AvgIpc) is 2.41. The van der Waals surface area contributed by atoms with Gasteiger partial charge in [-0.3, -0.25) is 4.90 Å². The minimum Gasteiger partial charge on any atom is -0.329 e. The van der Waals surface area contributed by atoms with Gasteiger partial charge < -0.3 is 10.6 Å². The molecule has 3 nitrogen and oxygen atoms in total. The van der Waals surface area contributed by atoms with Crippen molar-refractivity contribution in [2.45, 2.75) is 69.9 Å². The second kappa shape index (κ2) is 6.55. The van der Waals surface area contributed by atoms with Gasteiger partial charge in [-0.05, 0) is 65.1 Å². The van der Waals surface area contributed by atoms with Crippen LogP contribution in [0.3, 0.4) is 0 Å². The molecule has 2 atom stereocenters. The summed E-state index contributed by atoms with van der Waals surface area (Å²) in [5, 5.41) is 0. The van der Waals surface area contributed by atoms with E-state index in [1.54, 1.807) is 0 Å². The quantitative estimate of drug-likeness (QED) is 0.818. The third kappa shape index (κ3) is 3.02. The van der Waals surface area contributed by atoms with Crippen LogP contribution in [0.5, 0.6) is 0 Å². The molecule has 2 aliphatic carbocycles. The van der Waals surface area contributed by atoms with Crippen LogP contribution in [-0.2, 0) is 0 Å². The Morgan fingerprint density at radius 2 is 1.71 bits per heavy atom. The molecule has 2 saturated carbocycles. The standard InChI is InChI=1S/C18H37N3/c1-15(2)16-9-6-7-12-18(16,13-19)21(5)14-17(20(3)4)10-8-11-17/h15-16H,6-14,19H2,1-5H3. The van der Waals surface area contributed by atoms with Gasteiger partial charge >= 0.3 is 0 Å². The van der Waals surface area contributed by atoms with Crippen molar-refractivity contribution in [1.82, 2.24) is 9.80 Å². The van der Waals surface area contributed by atoms with E-state index in [-0.39, 0.29) is 5.54 Å². The highest BCUT2D eigenvalue weighted by Gasteiger charge is 2.48. The Bertz CT molecular complexity index is 335. The molecule has 21 heavy (non-hydrogen) atoms. The molecule has 0 aliphatic heterocycles. The molecule has 0 spiro atoms. The summed E-state index contributed by atoms with van der Waals surface area (Å²) in [6.45, 7) is 6.77. The molecule has 0 heterocycles. The third-order valence-corrected chi connectivity index (χ3v) is 6.75. The molecule has 0 bridgehead atoms. The van der Waals surface area contributed by atoms with E-state index in [0.717, 1.165) is 18.4 Å². The van der Waals surface area contributed by atoms with Gasteiger partial charge in [0.05, 0.1) is 0 Å². The predicted octanol–water partition coefficient (Wildman–Crippen LogP) is 2.95. The topological polar surface area (TPSA) is 32.5 Å². The number of hydrogen-bond acceptors (Lipinski definition) is 3. The summed E-state index contributed by atoms with van der Waals surface area (Å²) in [5.41, 5.74) is 6.99. The van der Waals surface area contributed by atoms with E-state index in [4.69, 9.17) is 5.73 Å². The fourth-order valence-electron chi connectivity index (χ4n) is 5.02. The van der Waals surface area contributed by atoms with E-state index in [1.807, 2.05) is 0 Å². The van der Waals surface area contributed by atoms with E-state index in [9.17, 15) is 0 Å². The smallest absolute Gasteiger partial charge is 0.0360 e. The van der Waals surface area contributed by atoms with Crippen LogP contribution >= 0.6 is 0 Å². The van der Waals surface area contributed by atoms with Crippen LogP contribution in [0.4, 0.5) is 0 Å². The predicted molar refractivity (Wildman–Crippen MR) is 91.5 cm³/mol. The van der Waals surface area contributed by atoms with Gasteiger partial charge in [0.25, 0.3) is 0 Å². The molecule has 0 aromatic heterocycles. The molecule has 2 rings (SSSR count). The maximum absolute atomic E-state index is 6.37. The first-order chi connectivity index (χ1) is 9.88. The summed E-state index contributed by atoms with van der Waals surface area (Å²) in [7, 11) is 6.85. The van der Waals surface area contributed by atoms with E-state index >= 15 is 0 Å². The van der Waals surface area contributed by atoms with Crippen molar-refractivity contribution in [3.63, 3.8) is 0 Å².